The highest BCUT2D eigenvalue weighted by Gasteiger charge is 2.18. The molecule has 0 aromatic heterocycles. The number of carbonyl (C=O) groups excluding carboxylic acids is 1. The van der Waals surface area contributed by atoms with Gasteiger partial charge in [0.25, 0.3) is 0 Å². The first-order valence-corrected chi connectivity index (χ1v) is 9.90. The first-order chi connectivity index (χ1) is 12.2. The van der Waals surface area contributed by atoms with Gasteiger partial charge >= 0.3 is 0 Å². The maximum absolute atomic E-state index is 12.4. The molecule has 1 aliphatic rings. The molecular weight excluding hydrogens is 330 g/mol. The smallest absolute Gasteiger partial charge is 0.228 e. The number of anilines is 1. The van der Waals surface area contributed by atoms with Crippen molar-refractivity contribution in [3.8, 4) is 5.75 Å². The fourth-order valence-corrected chi connectivity index (χ4v) is 4.44. The van der Waals surface area contributed by atoms with Crippen molar-refractivity contribution >= 4 is 23.4 Å². The van der Waals surface area contributed by atoms with E-state index < -0.39 is 0 Å². The molecular formula is C21H25NO2S. The second-order valence-electron chi connectivity index (χ2n) is 6.32. The normalized spacial score (nSPS) is 14.4. The number of benzene rings is 2. The minimum absolute atomic E-state index is 0.0173. The molecule has 0 radical (unpaired) electrons. The summed E-state index contributed by atoms with van der Waals surface area (Å²) < 4.78 is 5.44. The molecule has 1 saturated carbocycles. The Morgan fingerprint density at radius 3 is 2.56 bits per heavy atom. The summed E-state index contributed by atoms with van der Waals surface area (Å²) in [6, 6.07) is 15.8. The summed E-state index contributed by atoms with van der Waals surface area (Å²) in [6.07, 6.45) is 5.57. The van der Waals surface area contributed by atoms with Gasteiger partial charge < -0.3 is 10.1 Å². The Morgan fingerprint density at radius 2 is 1.84 bits per heavy atom. The van der Waals surface area contributed by atoms with Gasteiger partial charge in [-0.25, -0.2) is 0 Å². The van der Waals surface area contributed by atoms with Crippen molar-refractivity contribution in [3.05, 3.63) is 54.1 Å². The van der Waals surface area contributed by atoms with E-state index in [4.69, 9.17) is 4.74 Å². The number of para-hydroxylation sites is 1. The molecule has 1 N–H and O–H groups in total. The molecule has 0 saturated heterocycles. The summed E-state index contributed by atoms with van der Waals surface area (Å²) in [5.41, 5.74) is 1.91. The van der Waals surface area contributed by atoms with Gasteiger partial charge in [0.1, 0.15) is 5.75 Å². The first-order valence-electron chi connectivity index (χ1n) is 9.02. The number of thioether (sulfide) groups is 1. The molecule has 0 bridgehead atoms. The molecule has 0 heterocycles. The van der Waals surface area contributed by atoms with Crippen molar-refractivity contribution in [1.82, 2.24) is 0 Å². The second kappa shape index (κ2) is 8.95. The minimum atomic E-state index is 0.0173. The van der Waals surface area contributed by atoms with Crippen molar-refractivity contribution < 1.29 is 9.53 Å². The largest absolute Gasteiger partial charge is 0.494 e. The van der Waals surface area contributed by atoms with Crippen LogP contribution in [0, 0.1) is 0 Å². The van der Waals surface area contributed by atoms with Crippen LogP contribution >= 0.6 is 11.8 Å². The lowest BCUT2D eigenvalue weighted by Gasteiger charge is -2.14. The summed E-state index contributed by atoms with van der Waals surface area (Å²) in [7, 11) is 0. The third kappa shape index (κ3) is 5.27. The molecule has 3 rings (SSSR count). The molecule has 1 aliphatic carbocycles. The van der Waals surface area contributed by atoms with E-state index in [1.165, 1.54) is 30.6 Å². The molecule has 2 aromatic rings. The van der Waals surface area contributed by atoms with Gasteiger partial charge in [-0.15, -0.1) is 11.8 Å². The number of hydrogen-bond acceptors (Lipinski definition) is 3. The molecule has 132 valence electrons. The van der Waals surface area contributed by atoms with Crippen LogP contribution in [0.1, 0.15) is 38.2 Å². The highest BCUT2D eigenvalue weighted by molar-refractivity contribution is 8.00. The number of carbonyl (C=O) groups is 1. The van der Waals surface area contributed by atoms with Gasteiger partial charge in [0.15, 0.2) is 0 Å². The predicted molar refractivity (Wildman–Crippen MR) is 104 cm³/mol. The molecule has 25 heavy (non-hydrogen) atoms. The monoisotopic (exact) mass is 355 g/mol. The standard InChI is InChI=1S/C21H25NO2S/c1-2-24-17-13-11-16(12-14-17)15-21(23)22-19-9-5-6-10-20(19)25-18-7-3-4-8-18/h5-6,9-14,18H,2-4,7-8,15H2,1H3,(H,22,23). The van der Waals surface area contributed by atoms with E-state index in [1.807, 2.05) is 61.2 Å². The maximum atomic E-state index is 12.4. The molecule has 2 aromatic carbocycles. The van der Waals surface area contributed by atoms with Crippen LogP contribution in [-0.2, 0) is 11.2 Å². The van der Waals surface area contributed by atoms with Crippen molar-refractivity contribution in [2.24, 2.45) is 0 Å². The topological polar surface area (TPSA) is 38.3 Å². The van der Waals surface area contributed by atoms with Crippen LogP contribution < -0.4 is 10.1 Å². The van der Waals surface area contributed by atoms with E-state index in [-0.39, 0.29) is 5.91 Å². The highest BCUT2D eigenvalue weighted by atomic mass is 32.2. The van der Waals surface area contributed by atoms with Crippen LogP contribution in [0.3, 0.4) is 0 Å². The molecule has 3 nitrogen and oxygen atoms in total. The summed E-state index contributed by atoms with van der Waals surface area (Å²) in [6.45, 7) is 2.61. The quantitative estimate of drug-likeness (QED) is 0.732. The molecule has 0 unspecified atom stereocenters. The lowest BCUT2D eigenvalue weighted by Crippen LogP contribution is -2.15. The Hall–Kier alpha value is -1.94. The zero-order chi connectivity index (χ0) is 17.5. The number of ether oxygens (including phenoxy) is 1. The lowest BCUT2D eigenvalue weighted by atomic mass is 10.1. The average molecular weight is 356 g/mol. The third-order valence-corrected chi connectivity index (χ3v) is 5.77. The minimum Gasteiger partial charge on any atom is -0.494 e. The zero-order valence-corrected chi connectivity index (χ0v) is 15.5. The van der Waals surface area contributed by atoms with Crippen molar-refractivity contribution in [3.63, 3.8) is 0 Å². The first kappa shape index (κ1) is 17.9. The third-order valence-electron chi connectivity index (χ3n) is 4.36. The van der Waals surface area contributed by atoms with Crippen LogP contribution in [-0.4, -0.2) is 17.8 Å². The van der Waals surface area contributed by atoms with E-state index in [1.54, 1.807) is 0 Å². The Kier molecular flexibility index (Phi) is 6.40. The Balaban J connectivity index is 1.60. The van der Waals surface area contributed by atoms with Crippen LogP contribution in [0.4, 0.5) is 5.69 Å². The van der Waals surface area contributed by atoms with Crippen LogP contribution in [0.15, 0.2) is 53.4 Å². The van der Waals surface area contributed by atoms with Crippen LogP contribution in [0.2, 0.25) is 0 Å². The van der Waals surface area contributed by atoms with E-state index in [0.717, 1.165) is 17.0 Å². The van der Waals surface area contributed by atoms with Gasteiger partial charge in [-0.2, -0.15) is 0 Å². The molecule has 1 amide bonds. The molecule has 4 heteroatoms. The fourth-order valence-electron chi connectivity index (χ4n) is 3.11. The number of nitrogens with one attached hydrogen (secondary N) is 1. The Morgan fingerprint density at radius 1 is 1.12 bits per heavy atom. The van der Waals surface area contributed by atoms with Crippen LogP contribution in [0.5, 0.6) is 5.75 Å². The number of amides is 1. The fraction of sp³-hybridized carbons (Fsp3) is 0.381. The lowest BCUT2D eigenvalue weighted by molar-refractivity contribution is -0.115. The summed E-state index contributed by atoms with van der Waals surface area (Å²) in [4.78, 5) is 13.6. The zero-order valence-electron chi connectivity index (χ0n) is 14.7. The van der Waals surface area contributed by atoms with E-state index >= 15 is 0 Å². The summed E-state index contributed by atoms with van der Waals surface area (Å²) in [5.74, 6) is 0.855. The molecule has 0 atom stereocenters. The van der Waals surface area contributed by atoms with Crippen molar-refractivity contribution in [1.29, 1.82) is 0 Å². The predicted octanol–water partition coefficient (Wildman–Crippen LogP) is 5.30. The number of hydrogen-bond donors (Lipinski definition) is 1. The van der Waals surface area contributed by atoms with E-state index in [2.05, 4.69) is 11.4 Å². The molecule has 0 spiro atoms. The Labute approximate surface area is 154 Å². The van der Waals surface area contributed by atoms with Crippen molar-refractivity contribution in [2.45, 2.75) is 49.2 Å². The SMILES string of the molecule is CCOc1ccc(CC(=O)Nc2ccccc2SC2CCCC2)cc1. The average Bonchev–Trinajstić information content (AvgIpc) is 3.12. The maximum Gasteiger partial charge on any atom is 0.228 e. The van der Waals surface area contributed by atoms with Gasteiger partial charge in [0, 0.05) is 10.1 Å². The summed E-state index contributed by atoms with van der Waals surface area (Å²) in [5, 5.41) is 3.77. The Bertz CT molecular complexity index is 693. The van der Waals surface area contributed by atoms with Gasteiger partial charge in [0.2, 0.25) is 5.91 Å². The van der Waals surface area contributed by atoms with Gasteiger partial charge in [-0.3, -0.25) is 4.79 Å². The van der Waals surface area contributed by atoms with Gasteiger partial charge in [-0.1, -0.05) is 37.1 Å². The number of rotatable bonds is 7. The second-order valence-corrected chi connectivity index (χ2v) is 7.66. The summed E-state index contributed by atoms with van der Waals surface area (Å²) >= 11 is 1.90. The van der Waals surface area contributed by atoms with Gasteiger partial charge in [0.05, 0.1) is 18.7 Å². The van der Waals surface area contributed by atoms with Gasteiger partial charge in [-0.05, 0) is 49.6 Å². The molecule has 0 aliphatic heterocycles. The van der Waals surface area contributed by atoms with E-state index in [0.29, 0.717) is 18.3 Å². The van der Waals surface area contributed by atoms with Crippen LogP contribution in [0.25, 0.3) is 0 Å². The van der Waals surface area contributed by atoms with Crippen molar-refractivity contribution in [2.75, 3.05) is 11.9 Å². The van der Waals surface area contributed by atoms with E-state index in [9.17, 15) is 4.79 Å². The highest BCUT2D eigenvalue weighted by Crippen LogP contribution is 2.38. The molecule has 1 fully saturated rings.